The number of amides is 1. The van der Waals surface area contributed by atoms with Crippen molar-refractivity contribution in [3.63, 3.8) is 0 Å². The Bertz CT molecular complexity index is 1590. The molecule has 0 spiro atoms. The fourth-order valence-electron chi connectivity index (χ4n) is 3.34. The molecule has 0 bridgehead atoms. The van der Waals surface area contributed by atoms with Crippen LogP contribution in [-0.4, -0.2) is 36.6 Å². The van der Waals surface area contributed by atoms with Crippen molar-refractivity contribution in [2.75, 3.05) is 17.1 Å². The van der Waals surface area contributed by atoms with Crippen LogP contribution in [0.3, 0.4) is 0 Å². The molecule has 0 aliphatic heterocycles. The number of benzene rings is 2. The number of H-pyrrole nitrogens is 1. The number of halogens is 4. The smallest absolute Gasteiger partial charge is 0.267 e. The van der Waals surface area contributed by atoms with Crippen LogP contribution in [-0.2, 0) is 14.8 Å². The number of methoxy groups -OCH3 is 1. The summed E-state index contributed by atoms with van der Waals surface area (Å²) >= 11 is 5.83. The average molecular weight is 526 g/mol. The normalized spacial score (nSPS) is 11.5. The Labute approximate surface area is 201 Å². The second kappa shape index (κ2) is 9.07. The minimum atomic E-state index is -4.50. The number of sulfonamides is 1. The molecule has 0 atom stereocenters. The van der Waals surface area contributed by atoms with Gasteiger partial charge < -0.3 is 10.1 Å². The molecule has 0 aliphatic rings. The van der Waals surface area contributed by atoms with Crippen LogP contribution in [0.2, 0.25) is 5.02 Å². The Kier molecular flexibility index (Phi) is 6.30. The lowest BCUT2D eigenvalue weighted by Crippen LogP contribution is -2.16. The molecule has 2 heterocycles. The minimum absolute atomic E-state index is 0.0278. The molecule has 35 heavy (non-hydrogen) atoms. The maximum atomic E-state index is 15.4. The van der Waals surface area contributed by atoms with Crippen LogP contribution in [0.25, 0.3) is 22.0 Å². The zero-order chi connectivity index (χ0) is 25.5. The summed E-state index contributed by atoms with van der Waals surface area (Å²) in [7, 11) is -3.32. The summed E-state index contributed by atoms with van der Waals surface area (Å²) in [5.74, 6) is -4.31. The van der Waals surface area contributed by atoms with E-state index >= 15 is 8.78 Å². The zero-order valence-corrected chi connectivity index (χ0v) is 19.5. The molecule has 1 amide bonds. The topological polar surface area (TPSA) is 126 Å². The van der Waals surface area contributed by atoms with Gasteiger partial charge in [-0.1, -0.05) is 17.7 Å². The molecule has 3 N–H and O–H groups in total. The first-order valence-corrected chi connectivity index (χ1v) is 11.5. The lowest BCUT2D eigenvalue weighted by molar-refractivity contribution is -0.114. The average Bonchev–Trinajstić information content (AvgIpc) is 3.20. The van der Waals surface area contributed by atoms with Crippen LogP contribution >= 0.6 is 11.6 Å². The van der Waals surface area contributed by atoms with Crippen molar-refractivity contribution in [2.45, 2.75) is 11.8 Å². The van der Waals surface area contributed by atoms with Crippen molar-refractivity contribution in [2.24, 2.45) is 0 Å². The third-order valence-corrected chi connectivity index (χ3v) is 6.41. The summed E-state index contributed by atoms with van der Waals surface area (Å²) in [4.78, 5) is 14.6. The molecule has 2 aromatic heterocycles. The predicted octanol–water partition coefficient (Wildman–Crippen LogP) is 4.46. The first kappa shape index (κ1) is 24.3. The summed E-state index contributed by atoms with van der Waals surface area (Å²) in [5, 5.41) is 8.71. The molecule has 0 saturated heterocycles. The van der Waals surface area contributed by atoms with Gasteiger partial charge in [-0.3, -0.25) is 14.6 Å². The van der Waals surface area contributed by atoms with Crippen molar-refractivity contribution >= 4 is 49.9 Å². The Hall–Kier alpha value is -3.84. The maximum absolute atomic E-state index is 15.4. The van der Waals surface area contributed by atoms with E-state index in [1.165, 1.54) is 20.1 Å². The highest BCUT2D eigenvalue weighted by Crippen LogP contribution is 2.37. The van der Waals surface area contributed by atoms with Gasteiger partial charge in [0, 0.05) is 24.1 Å². The second-order valence-corrected chi connectivity index (χ2v) is 9.24. The predicted molar refractivity (Wildman–Crippen MR) is 122 cm³/mol. The number of carbonyl (C=O) groups is 1. The van der Waals surface area contributed by atoms with Gasteiger partial charge in [0.1, 0.15) is 11.3 Å². The van der Waals surface area contributed by atoms with Gasteiger partial charge in [0.2, 0.25) is 11.8 Å². The van der Waals surface area contributed by atoms with Crippen molar-refractivity contribution < 1.29 is 31.1 Å². The highest BCUT2D eigenvalue weighted by Gasteiger charge is 2.26. The third kappa shape index (κ3) is 4.47. The van der Waals surface area contributed by atoms with Gasteiger partial charge in [-0.25, -0.2) is 26.6 Å². The van der Waals surface area contributed by atoms with Gasteiger partial charge in [-0.15, -0.1) is 0 Å². The number of aromatic nitrogens is 3. The van der Waals surface area contributed by atoms with Gasteiger partial charge in [0.25, 0.3) is 10.0 Å². The second-order valence-electron chi connectivity index (χ2n) is 7.15. The molecule has 2 aromatic carbocycles. The number of hydrogen-bond acceptors (Lipinski definition) is 6. The van der Waals surface area contributed by atoms with E-state index in [4.69, 9.17) is 16.3 Å². The van der Waals surface area contributed by atoms with E-state index in [2.05, 4.69) is 20.5 Å². The largest absolute Gasteiger partial charge is 0.480 e. The highest BCUT2D eigenvalue weighted by molar-refractivity contribution is 7.92. The van der Waals surface area contributed by atoms with Crippen molar-refractivity contribution in [3.8, 4) is 17.0 Å². The zero-order valence-electron chi connectivity index (χ0n) is 17.9. The summed E-state index contributed by atoms with van der Waals surface area (Å²) in [6.07, 6.45) is 1.15. The standard InChI is InChI=1S/C21H15ClF3N5O4S/c1-9(31)27-20-12-4-3-11(17(24)19(12)28-29-20)16-13(23)5-6-14(18(16)25)30-35(32,33)15-7-10(22)8-26-21(15)34-2/h3-8,30H,1-2H3,(H2,27,28,29,31). The van der Waals surface area contributed by atoms with Crippen LogP contribution in [0.15, 0.2) is 41.4 Å². The number of aromatic amines is 1. The molecular weight excluding hydrogens is 511 g/mol. The van der Waals surface area contributed by atoms with E-state index in [1.807, 2.05) is 4.72 Å². The lowest BCUT2D eigenvalue weighted by atomic mass is 10.0. The molecule has 9 nitrogen and oxygen atoms in total. The molecule has 4 rings (SSSR count). The molecule has 14 heteroatoms. The number of ether oxygens (including phenoxy) is 1. The number of anilines is 2. The lowest BCUT2D eigenvalue weighted by Gasteiger charge is -2.14. The molecular formula is C21H15ClF3N5O4S. The van der Waals surface area contributed by atoms with Crippen LogP contribution in [0, 0.1) is 17.5 Å². The van der Waals surface area contributed by atoms with Gasteiger partial charge in [-0.05, 0) is 24.3 Å². The van der Waals surface area contributed by atoms with Crippen LogP contribution in [0.5, 0.6) is 5.88 Å². The van der Waals surface area contributed by atoms with E-state index in [1.54, 1.807) is 0 Å². The first-order chi connectivity index (χ1) is 16.5. The van der Waals surface area contributed by atoms with Crippen molar-refractivity contribution in [3.05, 3.63) is 59.0 Å². The summed E-state index contributed by atoms with van der Waals surface area (Å²) in [5.41, 5.74) is -2.21. The molecule has 182 valence electrons. The van der Waals surface area contributed by atoms with Crippen molar-refractivity contribution in [1.29, 1.82) is 0 Å². The monoisotopic (exact) mass is 525 g/mol. The Morgan fingerprint density at radius 3 is 2.57 bits per heavy atom. The fraction of sp³-hybridized carbons (Fsp3) is 0.0952. The maximum Gasteiger partial charge on any atom is 0.267 e. The van der Waals surface area contributed by atoms with Crippen molar-refractivity contribution in [1.82, 2.24) is 15.2 Å². The van der Waals surface area contributed by atoms with E-state index < -0.39 is 55.1 Å². The molecule has 0 fully saturated rings. The fourth-order valence-corrected chi connectivity index (χ4v) is 4.77. The third-order valence-electron chi connectivity index (χ3n) is 4.84. The summed E-state index contributed by atoms with van der Waals surface area (Å²) in [6.45, 7) is 1.23. The molecule has 0 unspecified atom stereocenters. The van der Waals surface area contributed by atoms with Gasteiger partial charge in [0.15, 0.2) is 22.3 Å². The number of nitrogens with one attached hydrogen (secondary N) is 3. The van der Waals surface area contributed by atoms with Crippen LogP contribution in [0.1, 0.15) is 6.92 Å². The van der Waals surface area contributed by atoms with E-state index in [9.17, 15) is 17.6 Å². The van der Waals surface area contributed by atoms with Crippen LogP contribution < -0.4 is 14.8 Å². The number of fused-ring (bicyclic) bond motifs is 1. The highest BCUT2D eigenvalue weighted by atomic mass is 35.5. The van der Waals surface area contributed by atoms with E-state index in [0.717, 1.165) is 30.5 Å². The van der Waals surface area contributed by atoms with Gasteiger partial charge >= 0.3 is 0 Å². The summed E-state index contributed by atoms with van der Waals surface area (Å²) in [6, 6.07) is 5.06. The van der Waals surface area contributed by atoms with Gasteiger partial charge in [-0.2, -0.15) is 5.10 Å². The number of hydrogen-bond donors (Lipinski definition) is 3. The Morgan fingerprint density at radius 1 is 1.14 bits per heavy atom. The molecule has 0 saturated carbocycles. The van der Waals surface area contributed by atoms with Crippen LogP contribution in [0.4, 0.5) is 24.7 Å². The quantitative estimate of drug-likeness (QED) is 0.341. The van der Waals surface area contributed by atoms with E-state index in [-0.39, 0.29) is 27.6 Å². The minimum Gasteiger partial charge on any atom is -0.480 e. The Balaban J connectivity index is 1.81. The molecule has 0 aliphatic carbocycles. The number of nitrogens with zero attached hydrogens (tertiary/aromatic N) is 2. The number of carbonyl (C=O) groups excluding carboxylic acids is 1. The van der Waals surface area contributed by atoms with Gasteiger partial charge in [0.05, 0.1) is 23.4 Å². The summed E-state index contributed by atoms with van der Waals surface area (Å²) < 4.78 is 78.0. The SMILES string of the molecule is COc1ncc(Cl)cc1S(=O)(=O)Nc1ccc(F)c(-c2ccc3c(NC(C)=O)n[nH]c3c2F)c1F. The molecule has 4 aromatic rings. The number of rotatable bonds is 6. The first-order valence-electron chi connectivity index (χ1n) is 9.68. The Morgan fingerprint density at radius 2 is 1.89 bits per heavy atom. The number of pyridine rings is 1. The van der Waals surface area contributed by atoms with E-state index in [0.29, 0.717) is 0 Å². The molecule has 0 radical (unpaired) electrons.